The van der Waals surface area contributed by atoms with Crippen molar-refractivity contribution in [3.05, 3.63) is 30.1 Å². The molecule has 0 radical (unpaired) electrons. The van der Waals surface area contributed by atoms with Crippen LogP contribution < -0.4 is 0 Å². The minimum absolute atomic E-state index is 0.0534. The number of aliphatic hydroxyl groups excluding tert-OH is 1. The summed E-state index contributed by atoms with van der Waals surface area (Å²) in [6, 6.07) is 7.92. The van der Waals surface area contributed by atoms with E-state index in [4.69, 9.17) is 0 Å². The summed E-state index contributed by atoms with van der Waals surface area (Å²) in [5.41, 5.74) is 1.97. The number of likely N-dealkylation sites (N-methyl/N-ethyl adjacent to an activating group) is 1. The molecule has 5 nitrogen and oxygen atoms in total. The summed E-state index contributed by atoms with van der Waals surface area (Å²) >= 11 is 1.57. The van der Waals surface area contributed by atoms with Gasteiger partial charge in [0.1, 0.15) is 5.82 Å². The Morgan fingerprint density at radius 1 is 1.48 bits per heavy atom. The molecule has 0 aliphatic heterocycles. The molecular weight excluding hydrogens is 310 g/mol. The molecular formula is C17H23N3O2S. The lowest BCUT2D eigenvalue weighted by atomic mass is 10.2. The van der Waals surface area contributed by atoms with Crippen molar-refractivity contribution in [1.29, 1.82) is 0 Å². The van der Waals surface area contributed by atoms with Crippen LogP contribution in [0.1, 0.15) is 30.8 Å². The fourth-order valence-electron chi connectivity index (χ4n) is 2.56. The maximum Gasteiger partial charge on any atom is 0.232 e. The molecule has 3 rings (SSSR count). The fourth-order valence-corrected chi connectivity index (χ4v) is 3.45. The van der Waals surface area contributed by atoms with E-state index in [0.717, 1.165) is 29.7 Å². The van der Waals surface area contributed by atoms with Gasteiger partial charge < -0.3 is 15.0 Å². The molecule has 1 aromatic heterocycles. The molecule has 124 valence electrons. The standard InChI is InChI=1S/C17H23N3O2S/c1-11(17-18-13-5-3-4-6-14(13)19-17)23-10-16(22)20(2)9-15(21)12-7-8-12/h3-6,11-12,15,21H,7-10H2,1-2H3,(H,18,19). The quantitative estimate of drug-likeness (QED) is 0.817. The second kappa shape index (κ2) is 6.93. The van der Waals surface area contributed by atoms with E-state index in [1.807, 2.05) is 24.3 Å². The number of thioether (sulfide) groups is 1. The molecule has 1 heterocycles. The number of carbonyl (C=O) groups excluding carboxylic acids is 1. The number of aromatic nitrogens is 2. The van der Waals surface area contributed by atoms with Crippen LogP contribution in [-0.2, 0) is 4.79 Å². The van der Waals surface area contributed by atoms with E-state index in [1.54, 1.807) is 23.7 Å². The van der Waals surface area contributed by atoms with Gasteiger partial charge in [0, 0.05) is 13.6 Å². The second-order valence-corrected chi connectivity index (χ2v) is 7.60. The third-order valence-corrected chi connectivity index (χ3v) is 5.44. The smallest absolute Gasteiger partial charge is 0.232 e. The summed E-state index contributed by atoms with van der Waals surface area (Å²) < 4.78 is 0. The molecule has 1 saturated carbocycles. The maximum atomic E-state index is 12.2. The van der Waals surface area contributed by atoms with Gasteiger partial charge in [-0.2, -0.15) is 0 Å². The number of nitrogens with zero attached hydrogens (tertiary/aromatic N) is 2. The zero-order chi connectivity index (χ0) is 16.4. The zero-order valence-electron chi connectivity index (χ0n) is 13.5. The number of benzene rings is 1. The largest absolute Gasteiger partial charge is 0.391 e. The van der Waals surface area contributed by atoms with Crippen molar-refractivity contribution >= 4 is 28.7 Å². The number of carbonyl (C=O) groups is 1. The Morgan fingerprint density at radius 3 is 2.91 bits per heavy atom. The summed E-state index contributed by atoms with van der Waals surface area (Å²) in [5.74, 6) is 1.74. The molecule has 1 aliphatic rings. The third kappa shape index (κ3) is 4.06. The summed E-state index contributed by atoms with van der Waals surface area (Å²) in [6.45, 7) is 2.48. The maximum absolute atomic E-state index is 12.2. The van der Waals surface area contributed by atoms with Crippen LogP contribution in [0.4, 0.5) is 0 Å². The summed E-state index contributed by atoms with van der Waals surface area (Å²) in [6.07, 6.45) is 1.80. The van der Waals surface area contributed by atoms with E-state index in [2.05, 4.69) is 16.9 Å². The van der Waals surface area contributed by atoms with Crippen LogP contribution in [0, 0.1) is 5.92 Å². The van der Waals surface area contributed by atoms with Gasteiger partial charge in [0.15, 0.2) is 0 Å². The number of fused-ring (bicyclic) bond motifs is 1. The Kier molecular flexibility index (Phi) is 4.92. The van der Waals surface area contributed by atoms with Crippen LogP contribution in [0.15, 0.2) is 24.3 Å². The van der Waals surface area contributed by atoms with Crippen molar-refractivity contribution in [2.75, 3.05) is 19.3 Å². The highest BCUT2D eigenvalue weighted by molar-refractivity contribution is 8.00. The first-order valence-electron chi connectivity index (χ1n) is 8.03. The van der Waals surface area contributed by atoms with Crippen LogP contribution in [0.3, 0.4) is 0 Å². The van der Waals surface area contributed by atoms with Gasteiger partial charge in [-0.3, -0.25) is 4.79 Å². The van der Waals surface area contributed by atoms with Crippen LogP contribution in [0.25, 0.3) is 11.0 Å². The number of hydrogen-bond donors (Lipinski definition) is 2. The van der Waals surface area contributed by atoms with E-state index in [-0.39, 0.29) is 17.3 Å². The molecule has 0 bridgehead atoms. The minimum Gasteiger partial charge on any atom is -0.391 e. The van der Waals surface area contributed by atoms with Crippen molar-refractivity contribution in [2.45, 2.75) is 31.1 Å². The summed E-state index contributed by atoms with van der Waals surface area (Å²) in [5, 5.41) is 10.0. The fraction of sp³-hybridized carbons (Fsp3) is 0.529. The van der Waals surface area contributed by atoms with Crippen molar-refractivity contribution in [3.63, 3.8) is 0 Å². The van der Waals surface area contributed by atoms with E-state index in [1.165, 1.54) is 0 Å². The van der Waals surface area contributed by atoms with Gasteiger partial charge in [-0.05, 0) is 37.8 Å². The van der Waals surface area contributed by atoms with E-state index < -0.39 is 0 Å². The van der Waals surface area contributed by atoms with Gasteiger partial charge in [0.05, 0.1) is 28.1 Å². The molecule has 1 aromatic carbocycles. The average Bonchev–Trinajstić information content (AvgIpc) is 3.30. The van der Waals surface area contributed by atoms with Crippen LogP contribution in [0.5, 0.6) is 0 Å². The number of hydrogen-bond acceptors (Lipinski definition) is 4. The Bertz CT molecular complexity index is 650. The number of para-hydroxylation sites is 2. The van der Waals surface area contributed by atoms with Gasteiger partial charge in [-0.25, -0.2) is 4.98 Å². The van der Waals surface area contributed by atoms with E-state index in [9.17, 15) is 9.90 Å². The topological polar surface area (TPSA) is 69.2 Å². The van der Waals surface area contributed by atoms with Gasteiger partial charge >= 0.3 is 0 Å². The number of imidazole rings is 1. The first-order valence-corrected chi connectivity index (χ1v) is 9.07. The molecule has 2 aromatic rings. The van der Waals surface area contributed by atoms with Gasteiger partial charge in [-0.15, -0.1) is 11.8 Å². The highest BCUT2D eigenvalue weighted by Crippen LogP contribution is 2.33. The molecule has 2 atom stereocenters. The van der Waals surface area contributed by atoms with Gasteiger partial charge in [0.25, 0.3) is 0 Å². The Hall–Kier alpha value is -1.53. The molecule has 0 spiro atoms. The summed E-state index contributed by atoms with van der Waals surface area (Å²) in [7, 11) is 1.76. The molecule has 23 heavy (non-hydrogen) atoms. The van der Waals surface area contributed by atoms with E-state index in [0.29, 0.717) is 18.2 Å². The lowest BCUT2D eigenvalue weighted by molar-refractivity contribution is -0.128. The molecule has 0 saturated heterocycles. The Balaban J connectivity index is 1.51. The number of amides is 1. The van der Waals surface area contributed by atoms with E-state index >= 15 is 0 Å². The van der Waals surface area contributed by atoms with Gasteiger partial charge in [0.2, 0.25) is 5.91 Å². The number of H-pyrrole nitrogens is 1. The lowest BCUT2D eigenvalue weighted by Crippen LogP contribution is -2.36. The average molecular weight is 333 g/mol. The molecule has 1 aliphatic carbocycles. The normalized spacial score (nSPS) is 17.2. The summed E-state index contributed by atoms with van der Waals surface area (Å²) in [4.78, 5) is 21.7. The number of nitrogens with one attached hydrogen (secondary N) is 1. The predicted octanol–water partition coefficient (Wildman–Crippen LogP) is 2.59. The highest BCUT2D eigenvalue weighted by atomic mass is 32.2. The van der Waals surface area contributed by atoms with Crippen molar-refractivity contribution in [2.24, 2.45) is 5.92 Å². The van der Waals surface area contributed by atoms with Crippen LogP contribution >= 0.6 is 11.8 Å². The lowest BCUT2D eigenvalue weighted by Gasteiger charge is -2.21. The number of aliphatic hydroxyl groups is 1. The SMILES string of the molecule is CC(SCC(=O)N(C)CC(O)C1CC1)c1nc2ccccc2[nH]1. The molecule has 2 N–H and O–H groups in total. The first kappa shape index (κ1) is 16.3. The number of rotatable bonds is 7. The monoisotopic (exact) mass is 333 g/mol. The third-order valence-electron chi connectivity index (χ3n) is 4.30. The molecule has 1 fully saturated rings. The molecule has 6 heteroatoms. The second-order valence-electron chi connectivity index (χ2n) is 6.27. The molecule has 1 amide bonds. The predicted molar refractivity (Wildman–Crippen MR) is 93.3 cm³/mol. The van der Waals surface area contributed by atoms with Crippen molar-refractivity contribution in [1.82, 2.24) is 14.9 Å². The van der Waals surface area contributed by atoms with Crippen LogP contribution in [-0.4, -0.2) is 51.3 Å². The first-order chi connectivity index (χ1) is 11.0. The Morgan fingerprint density at radius 2 is 2.22 bits per heavy atom. The van der Waals surface area contributed by atoms with Crippen molar-refractivity contribution in [3.8, 4) is 0 Å². The van der Waals surface area contributed by atoms with Gasteiger partial charge in [-0.1, -0.05) is 12.1 Å². The molecule has 2 unspecified atom stereocenters. The zero-order valence-corrected chi connectivity index (χ0v) is 14.3. The van der Waals surface area contributed by atoms with Crippen LogP contribution in [0.2, 0.25) is 0 Å². The highest BCUT2D eigenvalue weighted by Gasteiger charge is 2.31. The minimum atomic E-state index is -0.373. The van der Waals surface area contributed by atoms with Crippen molar-refractivity contribution < 1.29 is 9.90 Å². The Labute approximate surface area is 140 Å². The number of aromatic amines is 1.